The maximum Gasteiger partial charge on any atom is 0.375 e. The van der Waals surface area contributed by atoms with E-state index in [9.17, 15) is 4.79 Å². The third-order valence-electron chi connectivity index (χ3n) is 2.10. The summed E-state index contributed by atoms with van der Waals surface area (Å²) < 4.78 is 3.21. The maximum atomic E-state index is 10.8. The number of carbonyl (C=O) groups is 1. The predicted molar refractivity (Wildman–Crippen MR) is 68.5 cm³/mol. The van der Waals surface area contributed by atoms with E-state index < -0.39 is 5.97 Å². The Morgan fingerprint density at radius 3 is 2.65 bits per heavy atom. The average molecular weight is 361 g/mol. The van der Waals surface area contributed by atoms with E-state index in [1.807, 2.05) is 18.2 Å². The summed E-state index contributed by atoms with van der Waals surface area (Å²) in [5.74, 6) is -0.831. The van der Waals surface area contributed by atoms with Crippen molar-refractivity contribution in [3.05, 3.63) is 38.8 Å². The molecule has 88 valence electrons. The van der Waals surface area contributed by atoms with E-state index in [0.717, 1.165) is 14.6 Å². The second-order valence-corrected chi connectivity index (χ2v) is 5.07. The summed E-state index contributed by atoms with van der Waals surface area (Å²) in [5, 5.41) is 12.8. The molecule has 0 aliphatic rings. The van der Waals surface area contributed by atoms with Gasteiger partial charge in [0.25, 0.3) is 5.82 Å². The Balaban J connectivity index is 2.56. The average Bonchev–Trinajstić information content (AvgIpc) is 2.61. The first-order valence-electron chi connectivity index (χ1n) is 4.61. The number of nitrogens with zero attached hydrogens (tertiary/aromatic N) is 3. The van der Waals surface area contributed by atoms with Gasteiger partial charge in [-0.3, -0.25) is 0 Å². The summed E-state index contributed by atoms with van der Waals surface area (Å²) in [4.78, 5) is 14.6. The lowest BCUT2D eigenvalue weighted by molar-refractivity contribution is 0.0683. The van der Waals surface area contributed by atoms with Gasteiger partial charge in [0, 0.05) is 8.95 Å². The van der Waals surface area contributed by atoms with Crippen LogP contribution in [0.5, 0.6) is 0 Å². The van der Waals surface area contributed by atoms with E-state index in [0.29, 0.717) is 5.82 Å². The van der Waals surface area contributed by atoms with E-state index in [-0.39, 0.29) is 5.82 Å². The van der Waals surface area contributed by atoms with Crippen LogP contribution in [0.15, 0.2) is 27.1 Å². The zero-order chi connectivity index (χ0) is 12.6. The number of benzene rings is 1. The van der Waals surface area contributed by atoms with Crippen molar-refractivity contribution in [3.8, 4) is 5.69 Å². The highest BCUT2D eigenvalue weighted by atomic mass is 79.9. The van der Waals surface area contributed by atoms with Crippen molar-refractivity contribution >= 4 is 37.8 Å². The molecule has 1 aromatic carbocycles. The van der Waals surface area contributed by atoms with Crippen LogP contribution in [-0.2, 0) is 0 Å². The summed E-state index contributed by atoms with van der Waals surface area (Å²) in [6.45, 7) is 1.70. The molecule has 0 atom stereocenters. The van der Waals surface area contributed by atoms with E-state index in [1.54, 1.807) is 6.92 Å². The molecule has 7 heteroatoms. The number of aromatic nitrogens is 3. The van der Waals surface area contributed by atoms with Crippen LogP contribution < -0.4 is 0 Å². The standard InChI is InChI=1S/C10H7Br2N3O2/c1-5-13-9(10(16)17)14-15(5)8-3-2-6(11)4-7(8)12/h2-4H,1H3,(H,16,17). The fourth-order valence-electron chi connectivity index (χ4n) is 1.36. The molecule has 0 amide bonds. The van der Waals surface area contributed by atoms with Crippen molar-refractivity contribution in [2.24, 2.45) is 0 Å². The molecule has 0 saturated heterocycles. The molecule has 0 spiro atoms. The third kappa shape index (κ3) is 2.39. The van der Waals surface area contributed by atoms with E-state index >= 15 is 0 Å². The van der Waals surface area contributed by atoms with Gasteiger partial charge in [-0.2, -0.15) is 0 Å². The Kier molecular flexibility index (Phi) is 3.30. The molecular formula is C10H7Br2N3O2. The molecule has 0 fully saturated rings. The minimum atomic E-state index is -1.14. The van der Waals surface area contributed by atoms with Gasteiger partial charge < -0.3 is 5.11 Å². The van der Waals surface area contributed by atoms with Crippen LogP contribution >= 0.6 is 31.9 Å². The first-order chi connectivity index (χ1) is 7.99. The van der Waals surface area contributed by atoms with Gasteiger partial charge in [-0.15, -0.1) is 5.10 Å². The van der Waals surface area contributed by atoms with Crippen molar-refractivity contribution < 1.29 is 9.90 Å². The van der Waals surface area contributed by atoms with Gasteiger partial charge in [-0.25, -0.2) is 14.5 Å². The molecule has 0 aliphatic carbocycles. The van der Waals surface area contributed by atoms with Crippen molar-refractivity contribution in [3.63, 3.8) is 0 Å². The van der Waals surface area contributed by atoms with Crippen LogP contribution in [0.2, 0.25) is 0 Å². The second kappa shape index (κ2) is 4.58. The number of hydrogen-bond acceptors (Lipinski definition) is 3. The summed E-state index contributed by atoms with van der Waals surface area (Å²) >= 11 is 6.74. The fourth-order valence-corrected chi connectivity index (χ4v) is 2.58. The predicted octanol–water partition coefficient (Wildman–Crippen LogP) is 2.80. The summed E-state index contributed by atoms with van der Waals surface area (Å²) in [6, 6.07) is 5.53. The van der Waals surface area contributed by atoms with Crippen LogP contribution in [0.25, 0.3) is 5.69 Å². The van der Waals surface area contributed by atoms with Crippen LogP contribution in [0.4, 0.5) is 0 Å². The molecule has 0 unspecified atom stereocenters. The quantitative estimate of drug-likeness (QED) is 0.894. The van der Waals surface area contributed by atoms with Crippen LogP contribution in [-0.4, -0.2) is 25.8 Å². The molecular weight excluding hydrogens is 354 g/mol. The molecule has 2 aromatic rings. The number of hydrogen-bond donors (Lipinski definition) is 1. The van der Waals surface area contributed by atoms with Gasteiger partial charge in [0.2, 0.25) is 0 Å². The van der Waals surface area contributed by atoms with Crippen molar-refractivity contribution in [1.82, 2.24) is 14.8 Å². The van der Waals surface area contributed by atoms with Crippen molar-refractivity contribution in [2.75, 3.05) is 0 Å². The minimum Gasteiger partial charge on any atom is -0.475 e. The number of aryl methyl sites for hydroxylation is 1. The number of carboxylic acid groups (broad SMARTS) is 1. The number of rotatable bonds is 2. The van der Waals surface area contributed by atoms with E-state index in [1.165, 1.54) is 4.68 Å². The second-order valence-electron chi connectivity index (χ2n) is 3.30. The fraction of sp³-hybridized carbons (Fsp3) is 0.100. The van der Waals surface area contributed by atoms with Gasteiger partial charge >= 0.3 is 5.97 Å². The van der Waals surface area contributed by atoms with Gasteiger partial charge in [0.05, 0.1) is 5.69 Å². The first kappa shape index (κ1) is 12.3. The smallest absolute Gasteiger partial charge is 0.375 e. The molecule has 2 rings (SSSR count). The van der Waals surface area contributed by atoms with Gasteiger partial charge in [0.1, 0.15) is 5.82 Å². The molecule has 17 heavy (non-hydrogen) atoms. The molecule has 0 saturated carbocycles. The van der Waals surface area contributed by atoms with E-state index in [4.69, 9.17) is 5.11 Å². The van der Waals surface area contributed by atoms with Crippen molar-refractivity contribution in [1.29, 1.82) is 0 Å². The minimum absolute atomic E-state index is 0.211. The van der Waals surface area contributed by atoms with Gasteiger partial charge in [0.15, 0.2) is 0 Å². The number of halogens is 2. The third-order valence-corrected chi connectivity index (χ3v) is 3.23. The van der Waals surface area contributed by atoms with Crippen LogP contribution in [0, 0.1) is 6.92 Å². The summed E-state index contributed by atoms with van der Waals surface area (Å²) in [6.07, 6.45) is 0. The number of carboxylic acids is 1. The van der Waals surface area contributed by atoms with Gasteiger partial charge in [-0.1, -0.05) is 15.9 Å². The highest BCUT2D eigenvalue weighted by molar-refractivity contribution is 9.11. The maximum absolute atomic E-state index is 10.8. The lowest BCUT2D eigenvalue weighted by atomic mass is 10.3. The largest absolute Gasteiger partial charge is 0.475 e. The molecule has 0 radical (unpaired) electrons. The normalized spacial score (nSPS) is 10.5. The van der Waals surface area contributed by atoms with Gasteiger partial charge in [-0.05, 0) is 41.1 Å². The highest BCUT2D eigenvalue weighted by Crippen LogP contribution is 2.25. The SMILES string of the molecule is Cc1nc(C(=O)O)nn1-c1ccc(Br)cc1Br. The van der Waals surface area contributed by atoms with Crippen molar-refractivity contribution in [2.45, 2.75) is 6.92 Å². The monoisotopic (exact) mass is 359 g/mol. The Labute approximate surface area is 114 Å². The summed E-state index contributed by atoms with van der Waals surface area (Å²) in [7, 11) is 0. The lowest BCUT2D eigenvalue weighted by Gasteiger charge is -2.05. The lowest BCUT2D eigenvalue weighted by Crippen LogP contribution is -2.03. The molecule has 1 aromatic heterocycles. The van der Waals surface area contributed by atoms with Crippen LogP contribution in [0.1, 0.15) is 16.4 Å². The Morgan fingerprint density at radius 1 is 1.41 bits per heavy atom. The molecule has 0 bridgehead atoms. The van der Waals surface area contributed by atoms with E-state index in [2.05, 4.69) is 41.9 Å². The Bertz CT molecular complexity index is 595. The molecule has 1 heterocycles. The molecule has 5 nitrogen and oxygen atoms in total. The topological polar surface area (TPSA) is 68.0 Å². The molecule has 0 aliphatic heterocycles. The summed E-state index contributed by atoms with van der Waals surface area (Å²) in [5.41, 5.74) is 0.741. The molecule has 1 N–H and O–H groups in total. The van der Waals surface area contributed by atoms with Crippen LogP contribution in [0.3, 0.4) is 0 Å². The Morgan fingerprint density at radius 2 is 2.12 bits per heavy atom. The first-order valence-corrected chi connectivity index (χ1v) is 6.20. The highest BCUT2D eigenvalue weighted by Gasteiger charge is 2.15. The Hall–Kier alpha value is -1.21. The number of aromatic carboxylic acids is 1. The zero-order valence-electron chi connectivity index (χ0n) is 8.69. The zero-order valence-corrected chi connectivity index (χ0v) is 11.9.